The maximum atomic E-state index is 12.8. The minimum absolute atomic E-state index is 0.0731. The fourth-order valence-electron chi connectivity index (χ4n) is 0.952. The van der Waals surface area contributed by atoms with E-state index in [1.165, 1.54) is 30.3 Å². The summed E-state index contributed by atoms with van der Waals surface area (Å²) in [6.45, 7) is 0. The molecule has 0 heterocycles. The molecule has 1 rings (SSSR count). The summed E-state index contributed by atoms with van der Waals surface area (Å²) in [5, 5.41) is 32.6. The van der Waals surface area contributed by atoms with Crippen LogP contribution in [-0.2, 0) is 4.79 Å². The van der Waals surface area contributed by atoms with Gasteiger partial charge < -0.3 is 5.11 Å². The van der Waals surface area contributed by atoms with Crippen LogP contribution in [0.3, 0.4) is 0 Å². The second-order valence-electron chi connectivity index (χ2n) is 2.93. The van der Waals surface area contributed by atoms with Gasteiger partial charge in [-0.25, -0.2) is 4.39 Å². The summed E-state index contributed by atoms with van der Waals surface area (Å²) in [6.07, 6.45) is 0. The molecule has 0 radical (unpaired) electrons. The van der Waals surface area contributed by atoms with Crippen LogP contribution in [0.2, 0.25) is 0 Å². The molecule has 1 N–H and O–H groups in total. The number of carbonyl (C=O) groups is 1. The van der Waals surface area contributed by atoms with Crippen LogP contribution in [-0.4, -0.2) is 10.9 Å². The molecule has 0 amide bonds. The number of azo groups is 1. The van der Waals surface area contributed by atoms with Crippen LogP contribution >= 0.6 is 0 Å². The molecule has 0 aliphatic rings. The maximum Gasteiger partial charge on any atom is 0.286 e. The van der Waals surface area contributed by atoms with Gasteiger partial charge in [-0.3, -0.25) is 4.79 Å². The molecule has 0 spiro atoms. The topological polar surface area (TPSA) is 110 Å². The Morgan fingerprint density at radius 1 is 1.33 bits per heavy atom. The van der Waals surface area contributed by atoms with Gasteiger partial charge in [-0.05, 0) is 12.1 Å². The van der Waals surface area contributed by atoms with E-state index in [9.17, 15) is 9.18 Å². The van der Waals surface area contributed by atoms with Gasteiger partial charge in [-0.2, -0.15) is 15.6 Å². The Balaban J connectivity index is 3.11. The Morgan fingerprint density at radius 3 is 2.61 bits per heavy atom. The molecule has 18 heavy (non-hydrogen) atoms. The van der Waals surface area contributed by atoms with Crippen LogP contribution < -0.4 is 0 Å². The van der Waals surface area contributed by atoms with E-state index in [2.05, 4.69) is 10.2 Å². The summed E-state index contributed by atoms with van der Waals surface area (Å²) in [6, 6.07) is 7.43. The number of carbonyl (C=O) groups excluding carboxylic acids is 1. The van der Waals surface area contributed by atoms with Crippen LogP contribution in [0.5, 0.6) is 0 Å². The van der Waals surface area contributed by atoms with E-state index in [-0.39, 0.29) is 5.69 Å². The SMILES string of the molecule is N#CC(=O)/C(N=Nc1cccc(F)c1)=C(/O)C#N. The molecule has 0 fully saturated rings. The maximum absolute atomic E-state index is 12.8. The lowest BCUT2D eigenvalue weighted by atomic mass is 10.3. The zero-order valence-electron chi connectivity index (χ0n) is 8.83. The zero-order valence-corrected chi connectivity index (χ0v) is 8.83. The highest BCUT2D eigenvalue weighted by Crippen LogP contribution is 2.16. The first-order valence-corrected chi connectivity index (χ1v) is 4.53. The van der Waals surface area contributed by atoms with Crippen molar-refractivity contribution in [2.24, 2.45) is 10.2 Å². The molecule has 0 unspecified atom stereocenters. The zero-order chi connectivity index (χ0) is 13.5. The Hall–Kier alpha value is -3.06. The second kappa shape index (κ2) is 5.87. The molecule has 1 aromatic carbocycles. The van der Waals surface area contributed by atoms with Crippen molar-refractivity contribution in [2.75, 3.05) is 0 Å². The Bertz CT molecular complexity index is 623. The summed E-state index contributed by atoms with van der Waals surface area (Å²) in [7, 11) is 0. The third-order valence-corrected chi connectivity index (χ3v) is 1.72. The third kappa shape index (κ3) is 3.22. The molecule has 0 aromatic heterocycles. The third-order valence-electron chi connectivity index (χ3n) is 1.72. The average molecular weight is 244 g/mol. The number of nitriles is 2. The van der Waals surface area contributed by atoms with E-state index in [1.807, 2.05) is 0 Å². The first-order valence-electron chi connectivity index (χ1n) is 4.53. The van der Waals surface area contributed by atoms with Gasteiger partial charge >= 0.3 is 0 Å². The average Bonchev–Trinajstić information content (AvgIpc) is 2.38. The molecular formula is C11H5FN4O2. The number of rotatable bonds is 3. The molecule has 0 aliphatic heterocycles. The van der Waals surface area contributed by atoms with Crippen molar-refractivity contribution in [3.05, 3.63) is 41.5 Å². The highest BCUT2D eigenvalue weighted by atomic mass is 19.1. The highest BCUT2D eigenvalue weighted by molar-refractivity contribution is 6.07. The Kier molecular flexibility index (Phi) is 4.24. The van der Waals surface area contributed by atoms with E-state index in [1.54, 1.807) is 0 Å². The van der Waals surface area contributed by atoms with Gasteiger partial charge in [0, 0.05) is 6.07 Å². The van der Waals surface area contributed by atoms with E-state index < -0.39 is 23.1 Å². The number of Topliss-reactive ketones (excluding diaryl/α,β-unsaturated/α-hetero) is 1. The molecule has 0 aliphatic carbocycles. The summed E-state index contributed by atoms with van der Waals surface area (Å²) >= 11 is 0. The molecular weight excluding hydrogens is 239 g/mol. The molecule has 6 nitrogen and oxygen atoms in total. The van der Waals surface area contributed by atoms with Gasteiger partial charge in [0.25, 0.3) is 5.78 Å². The van der Waals surface area contributed by atoms with Crippen molar-refractivity contribution < 1.29 is 14.3 Å². The van der Waals surface area contributed by atoms with Crippen molar-refractivity contribution in [1.82, 2.24) is 0 Å². The Morgan fingerprint density at radius 2 is 2.06 bits per heavy atom. The molecule has 0 saturated heterocycles. The predicted molar refractivity (Wildman–Crippen MR) is 56.8 cm³/mol. The van der Waals surface area contributed by atoms with Crippen LogP contribution in [0.1, 0.15) is 0 Å². The minimum atomic E-state index is -1.21. The number of halogens is 1. The van der Waals surface area contributed by atoms with E-state index in [4.69, 9.17) is 15.6 Å². The fourth-order valence-corrected chi connectivity index (χ4v) is 0.952. The molecule has 0 saturated carbocycles. The number of aliphatic hydroxyl groups excluding tert-OH is 1. The summed E-state index contributed by atoms with van der Waals surface area (Å²) in [4.78, 5) is 11.0. The smallest absolute Gasteiger partial charge is 0.286 e. The van der Waals surface area contributed by atoms with E-state index >= 15 is 0 Å². The normalized spacial score (nSPS) is 11.5. The van der Waals surface area contributed by atoms with Crippen molar-refractivity contribution in [3.63, 3.8) is 0 Å². The van der Waals surface area contributed by atoms with Gasteiger partial charge in [0.2, 0.25) is 5.76 Å². The Labute approximate surface area is 101 Å². The number of hydrogen-bond donors (Lipinski definition) is 1. The minimum Gasteiger partial charge on any atom is -0.498 e. The lowest BCUT2D eigenvalue weighted by molar-refractivity contribution is -0.110. The van der Waals surface area contributed by atoms with Gasteiger partial charge in [-0.1, -0.05) is 6.07 Å². The lowest BCUT2D eigenvalue weighted by Crippen LogP contribution is -1.99. The van der Waals surface area contributed by atoms with Crippen LogP contribution in [0, 0.1) is 28.5 Å². The van der Waals surface area contributed by atoms with Crippen LogP contribution in [0.4, 0.5) is 10.1 Å². The van der Waals surface area contributed by atoms with E-state index in [0.29, 0.717) is 0 Å². The highest BCUT2D eigenvalue weighted by Gasteiger charge is 2.14. The first kappa shape index (κ1) is 13.0. The standard InChI is InChI=1S/C11H5FN4O2/c12-7-2-1-3-8(4-7)15-16-11(9(17)5-13)10(18)6-14/h1-4,17H/b11-9-,16-15?. The summed E-state index contributed by atoms with van der Waals surface area (Å²) < 4.78 is 12.8. The monoisotopic (exact) mass is 244 g/mol. The predicted octanol–water partition coefficient (Wildman–Crippen LogP) is 2.30. The number of benzene rings is 1. The van der Waals surface area contributed by atoms with Gasteiger partial charge in [0.05, 0.1) is 5.69 Å². The number of aliphatic hydroxyl groups is 1. The number of nitrogens with zero attached hydrogens (tertiary/aromatic N) is 4. The fraction of sp³-hybridized carbons (Fsp3) is 0. The van der Waals surface area contributed by atoms with Crippen LogP contribution in [0.15, 0.2) is 46.0 Å². The van der Waals surface area contributed by atoms with Crippen molar-refractivity contribution in [2.45, 2.75) is 0 Å². The van der Waals surface area contributed by atoms with Gasteiger partial charge in [0.15, 0.2) is 5.70 Å². The molecule has 0 atom stereocenters. The molecule has 7 heteroatoms. The first-order chi connectivity index (χ1) is 8.58. The lowest BCUT2D eigenvalue weighted by Gasteiger charge is -1.94. The van der Waals surface area contributed by atoms with Crippen LogP contribution in [0.25, 0.3) is 0 Å². The van der Waals surface area contributed by atoms with Gasteiger partial charge in [0.1, 0.15) is 18.0 Å². The number of allylic oxidation sites excluding steroid dienone is 2. The van der Waals surface area contributed by atoms with Crippen molar-refractivity contribution >= 4 is 11.5 Å². The summed E-state index contributed by atoms with van der Waals surface area (Å²) in [5.41, 5.74) is -0.715. The molecule has 88 valence electrons. The van der Waals surface area contributed by atoms with Gasteiger partial charge in [-0.15, -0.1) is 5.11 Å². The van der Waals surface area contributed by atoms with E-state index in [0.717, 1.165) is 6.07 Å². The second-order valence-corrected chi connectivity index (χ2v) is 2.93. The summed E-state index contributed by atoms with van der Waals surface area (Å²) in [5.74, 6) is -2.80. The number of ketones is 1. The number of hydrogen-bond acceptors (Lipinski definition) is 6. The molecule has 1 aromatic rings. The molecule has 0 bridgehead atoms. The van der Waals surface area contributed by atoms with Crippen molar-refractivity contribution in [1.29, 1.82) is 10.5 Å². The quantitative estimate of drug-likeness (QED) is 0.219. The largest absolute Gasteiger partial charge is 0.498 e. The van der Waals surface area contributed by atoms with Crippen molar-refractivity contribution in [3.8, 4) is 12.1 Å².